The molecule has 1 aliphatic carbocycles. The molecule has 1 unspecified atom stereocenters. The third-order valence-electron chi connectivity index (χ3n) is 18.2. The second-order valence-corrected chi connectivity index (χ2v) is 27.6. The highest BCUT2D eigenvalue weighted by atomic mass is 32.2. The summed E-state index contributed by atoms with van der Waals surface area (Å²) >= 11 is 4.87. The van der Waals surface area contributed by atoms with Gasteiger partial charge in [0.05, 0.1) is 7.11 Å². The number of hydrogen-bond acceptors (Lipinski definition) is 10. The van der Waals surface area contributed by atoms with E-state index in [4.69, 9.17) is 4.74 Å². The highest BCUT2D eigenvalue weighted by Gasteiger charge is 2.42. The molecule has 0 radical (unpaired) electrons. The zero-order chi connectivity index (χ0) is 65.8. The first kappa shape index (κ1) is 64.1. The predicted molar refractivity (Wildman–Crippen MR) is 387 cm³/mol. The van der Waals surface area contributed by atoms with Crippen molar-refractivity contribution in [3.05, 3.63) is 328 Å². The topological polar surface area (TPSA) is 131 Å². The summed E-state index contributed by atoms with van der Waals surface area (Å²) in [5, 5.41) is 66.8. The maximum absolute atomic E-state index is 11.4. The zero-order valence-electron chi connectivity index (χ0n) is 53.3. The second-order valence-electron chi connectivity index (χ2n) is 24.1. The number of fused-ring (bicyclic) bond motifs is 5. The van der Waals surface area contributed by atoms with Crippen molar-refractivity contribution in [1.82, 2.24) is 0 Å². The smallest absolute Gasteiger partial charge is 0.120 e. The Morgan fingerprint density at radius 3 is 1.21 bits per heavy atom. The molecule has 6 N–H and O–H groups in total. The third kappa shape index (κ3) is 12.9. The van der Waals surface area contributed by atoms with E-state index in [2.05, 4.69) is 166 Å². The van der Waals surface area contributed by atoms with Crippen LogP contribution >= 0.6 is 35.3 Å². The number of phenolic OH excluding ortho intramolecular Hbond substituents is 6. The second kappa shape index (κ2) is 27.3. The lowest BCUT2D eigenvalue weighted by molar-refractivity contribution is 0.414. The average molecular weight is 1290 g/mol. The van der Waals surface area contributed by atoms with E-state index in [1.807, 2.05) is 106 Å². The van der Waals surface area contributed by atoms with Crippen LogP contribution in [0.1, 0.15) is 87.9 Å². The molecule has 0 saturated carbocycles. The molecule has 1 aliphatic rings. The van der Waals surface area contributed by atoms with E-state index in [0.717, 1.165) is 96.0 Å². The van der Waals surface area contributed by atoms with Crippen molar-refractivity contribution in [1.29, 1.82) is 0 Å². The van der Waals surface area contributed by atoms with Crippen LogP contribution in [0.15, 0.2) is 296 Å². The van der Waals surface area contributed by atoms with Gasteiger partial charge in [0, 0.05) is 62.8 Å². The number of ether oxygens (including phenoxy) is 1. The van der Waals surface area contributed by atoms with Crippen LogP contribution in [0.4, 0.5) is 0 Å². The molecular formula is C84H72O7S3. The van der Waals surface area contributed by atoms with E-state index in [9.17, 15) is 30.6 Å². The van der Waals surface area contributed by atoms with Gasteiger partial charge < -0.3 is 35.4 Å². The van der Waals surface area contributed by atoms with Crippen LogP contribution < -0.4 is 4.74 Å². The van der Waals surface area contributed by atoms with E-state index < -0.39 is 10.8 Å². The first-order valence-corrected chi connectivity index (χ1v) is 33.6. The number of phenols is 6. The molecular weight excluding hydrogens is 1220 g/mol. The highest BCUT2D eigenvalue weighted by Crippen LogP contribution is 2.55. The van der Waals surface area contributed by atoms with Gasteiger partial charge in [-0.15, -0.1) is 0 Å². The zero-order valence-corrected chi connectivity index (χ0v) is 55.7. The molecule has 0 aromatic heterocycles. The Morgan fingerprint density at radius 2 is 0.745 bits per heavy atom. The van der Waals surface area contributed by atoms with Crippen LogP contribution in [-0.4, -0.2) is 37.7 Å². The lowest BCUT2D eigenvalue weighted by Crippen LogP contribution is -2.26. The van der Waals surface area contributed by atoms with E-state index in [0.29, 0.717) is 28.7 Å². The average Bonchev–Trinajstić information content (AvgIpc) is 1.42. The monoisotopic (exact) mass is 1290 g/mol. The SMILES string of the molecule is COc1ccc(C(C)c2cc(Sc3ccc(O)c(C)c3)ccc2O)cc1.Cc1cc(Sc2ccc(O)c(C(C)(c3cccc4ccccc34)c3cccc4ccccc34)c2)ccc1O.Cc1cc(Sc2ccc(O)c(C3(C)c4ccccc4-c4ccccc43)c2)ccc1O. The number of hydrogen-bond donors (Lipinski definition) is 6. The molecule has 94 heavy (non-hydrogen) atoms. The summed E-state index contributed by atoms with van der Waals surface area (Å²) in [4.78, 5) is 6.26. The molecule has 468 valence electrons. The summed E-state index contributed by atoms with van der Waals surface area (Å²) in [6.07, 6.45) is 0. The Morgan fingerprint density at radius 1 is 0.362 bits per heavy atom. The maximum atomic E-state index is 11.4. The first-order valence-electron chi connectivity index (χ1n) is 31.1. The summed E-state index contributed by atoms with van der Waals surface area (Å²) in [6.45, 7) is 12.2. The minimum Gasteiger partial charge on any atom is -0.508 e. The molecule has 0 amide bonds. The quantitative estimate of drug-likeness (QED) is 0.0621. The summed E-state index contributed by atoms with van der Waals surface area (Å²) < 4.78 is 5.21. The van der Waals surface area contributed by atoms with E-state index in [1.54, 1.807) is 78.8 Å². The molecule has 0 fully saturated rings. The van der Waals surface area contributed by atoms with Gasteiger partial charge in [0.2, 0.25) is 0 Å². The van der Waals surface area contributed by atoms with E-state index in [1.165, 1.54) is 33.0 Å². The summed E-state index contributed by atoms with van der Waals surface area (Å²) in [6, 6.07) is 88.8. The van der Waals surface area contributed by atoms with Crippen LogP contribution in [-0.2, 0) is 10.8 Å². The fourth-order valence-electron chi connectivity index (χ4n) is 13.0. The number of aryl methyl sites for hydroxylation is 3. The van der Waals surface area contributed by atoms with Crippen LogP contribution in [0, 0.1) is 20.8 Å². The molecule has 0 heterocycles. The molecule has 0 spiro atoms. The fourth-order valence-corrected chi connectivity index (χ4v) is 15.8. The van der Waals surface area contributed by atoms with E-state index >= 15 is 0 Å². The van der Waals surface area contributed by atoms with Crippen LogP contribution in [0.25, 0.3) is 32.7 Å². The van der Waals surface area contributed by atoms with Crippen molar-refractivity contribution < 1.29 is 35.4 Å². The number of rotatable bonds is 13. The van der Waals surface area contributed by atoms with Gasteiger partial charge in [0.25, 0.3) is 0 Å². The van der Waals surface area contributed by atoms with Crippen molar-refractivity contribution in [3.8, 4) is 51.4 Å². The van der Waals surface area contributed by atoms with Crippen molar-refractivity contribution >= 4 is 56.8 Å². The van der Waals surface area contributed by atoms with Gasteiger partial charge in [0.1, 0.15) is 40.2 Å². The van der Waals surface area contributed by atoms with Crippen LogP contribution in [0.5, 0.6) is 40.2 Å². The molecule has 10 heteroatoms. The Kier molecular flexibility index (Phi) is 18.6. The Balaban J connectivity index is 0.000000138. The first-order chi connectivity index (χ1) is 45.4. The molecule has 13 aromatic carbocycles. The van der Waals surface area contributed by atoms with Gasteiger partial charge in [0.15, 0.2) is 0 Å². The molecule has 0 aliphatic heterocycles. The summed E-state index contributed by atoms with van der Waals surface area (Å²) in [5.41, 5.74) is 12.4. The Labute approximate surface area is 562 Å². The van der Waals surface area contributed by atoms with Crippen molar-refractivity contribution in [2.75, 3.05) is 7.11 Å². The molecule has 0 saturated heterocycles. The minimum absolute atomic E-state index is 0.0583. The van der Waals surface area contributed by atoms with Crippen molar-refractivity contribution in [2.45, 2.75) is 87.7 Å². The number of benzene rings is 13. The number of aromatic hydroxyl groups is 6. The Bertz CT molecular complexity index is 4810. The summed E-state index contributed by atoms with van der Waals surface area (Å²) in [5.74, 6) is 2.63. The minimum atomic E-state index is -0.646. The Hall–Kier alpha value is -9.97. The molecule has 1 atom stereocenters. The third-order valence-corrected chi connectivity index (χ3v) is 21.1. The predicted octanol–water partition coefficient (Wildman–Crippen LogP) is 21.8. The lowest BCUT2D eigenvalue weighted by Gasteiger charge is -2.35. The van der Waals surface area contributed by atoms with Gasteiger partial charge in [-0.1, -0.05) is 188 Å². The van der Waals surface area contributed by atoms with Crippen LogP contribution in [0.3, 0.4) is 0 Å². The lowest BCUT2D eigenvalue weighted by atomic mass is 9.68. The molecule has 13 aromatic rings. The largest absolute Gasteiger partial charge is 0.508 e. The molecule has 14 rings (SSSR count). The normalized spacial score (nSPS) is 12.4. The highest BCUT2D eigenvalue weighted by molar-refractivity contribution is 7.99. The molecule has 7 nitrogen and oxygen atoms in total. The number of methoxy groups -OCH3 is 1. The van der Waals surface area contributed by atoms with Gasteiger partial charge in [-0.25, -0.2) is 0 Å². The van der Waals surface area contributed by atoms with Crippen molar-refractivity contribution in [3.63, 3.8) is 0 Å². The van der Waals surface area contributed by atoms with Crippen LogP contribution in [0.2, 0.25) is 0 Å². The van der Waals surface area contributed by atoms with Gasteiger partial charge in [-0.05, 0) is 233 Å². The fraction of sp³-hybridized carbons (Fsp3) is 0.119. The van der Waals surface area contributed by atoms with Gasteiger partial charge >= 0.3 is 0 Å². The molecule has 0 bridgehead atoms. The summed E-state index contributed by atoms with van der Waals surface area (Å²) in [7, 11) is 1.65. The van der Waals surface area contributed by atoms with Gasteiger partial charge in [-0.2, -0.15) is 0 Å². The van der Waals surface area contributed by atoms with Crippen molar-refractivity contribution in [2.24, 2.45) is 0 Å². The van der Waals surface area contributed by atoms with E-state index in [-0.39, 0.29) is 11.7 Å². The maximum Gasteiger partial charge on any atom is 0.120 e. The standard InChI is InChI=1S/C35H28O2S.C27H22O2S.C22H22O3S/c1-23-21-26(17-19-33(23)36)38-27-18-20-34(37)32(22-27)35(2,30-15-7-11-24-9-3-5-13-28(24)30)31-16-8-12-25-10-4-6-14-29(25)31;1-17-15-18(11-13-25(17)28)30-19-12-14-26(29)24(16-19)27(2)22-9-5-3-7-20(22)21-8-4-6-10-23(21)27;1-14-12-18(8-10-21(14)23)26-19-9-11-22(24)20(13-19)15(2)16-4-6-17(25-3)7-5-16/h3-22,36-37H,1-2H3;3-16,28-29H,1-2H3;4-13,15,23-24H,1-3H3. The van der Waals surface area contributed by atoms with Gasteiger partial charge in [-0.3, -0.25) is 0 Å².